The van der Waals surface area contributed by atoms with Gasteiger partial charge in [-0.1, -0.05) is 12.8 Å². The van der Waals surface area contributed by atoms with E-state index in [0.29, 0.717) is 19.3 Å². The van der Waals surface area contributed by atoms with E-state index in [1.165, 1.54) is 0 Å². The van der Waals surface area contributed by atoms with Crippen LogP contribution in [0.15, 0.2) is 0 Å². The number of halogens is 3. The molecule has 88 valence electrons. The van der Waals surface area contributed by atoms with Crippen molar-refractivity contribution in [3.63, 3.8) is 0 Å². The lowest BCUT2D eigenvalue weighted by molar-refractivity contribution is -0.204. The van der Waals surface area contributed by atoms with E-state index in [4.69, 9.17) is 0 Å². The lowest BCUT2D eigenvalue weighted by atomic mass is 9.79. The molecule has 0 aromatic carbocycles. The number of esters is 1. The summed E-state index contributed by atoms with van der Waals surface area (Å²) in [5, 5.41) is 0. The van der Waals surface area contributed by atoms with Gasteiger partial charge < -0.3 is 4.74 Å². The Labute approximate surface area is 86.8 Å². The maximum atomic E-state index is 12.6. The molecule has 0 aliphatic heterocycles. The third-order valence-electron chi connectivity index (χ3n) is 2.78. The van der Waals surface area contributed by atoms with Gasteiger partial charge in [-0.25, -0.2) is 0 Å². The van der Waals surface area contributed by atoms with E-state index in [0.717, 1.165) is 0 Å². The molecular formula is C10H15F3O2. The van der Waals surface area contributed by atoms with E-state index in [1.54, 1.807) is 6.92 Å². The van der Waals surface area contributed by atoms with Crippen molar-refractivity contribution in [1.29, 1.82) is 0 Å². The molecule has 1 aliphatic carbocycles. The van der Waals surface area contributed by atoms with Crippen molar-refractivity contribution < 1.29 is 22.7 Å². The lowest BCUT2D eigenvalue weighted by Gasteiger charge is -2.31. The second kappa shape index (κ2) is 4.86. The first kappa shape index (κ1) is 12.3. The van der Waals surface area contributed by atoms with Crippen LogP contribution < -0.4 is 0 Å². The minimum atomic E-state index is -4.28. The molecule has 1 saturated carbocycles. The Hall–Kier alpha value is -0.740. The number of hydrogen-bond donors (Lipinski definition) is 0. The molecule has 0 amide bonds. The maximum Gasteiger partial charge on any atom is 0.392 e. The van der Waals surface area contributed by atoms with Gasteiger partial charge in [0.1, 0.15) is 0 Å². The summed E-state index contributed by atoms with van der Waals surface area (Å²) in [6.07, 6.45) is -2.72. The molecule has 0 heterocycles. The highest BCUT2D eigenvalue weighted by Crippen LogP contribution is 2.41. The molecule has 1 fully saturated rings. The molecule has 0 aromatic rings. The fourth-order valence-corrected chi connectivity index (χ4v) is 2.05. The molecule has 2 nitrogen and oxygen atoms in total. The van der Waals surface area contributed by atoms with E-state index >= 15 is 0 Å². The molecule has 0 N–H and O–H groups in total. The highest BCUT2D eigenvalue weighted by molar-refractivity contribution is 5.73. The average Bonchev–Trinajstić information content (AvgIpc) is 2.17. The van der Waals surface area contributed by atoms with Crippen LogP contribution in [0.3, 0.4) is 0 Å². The summed E-state index contributed by atoms with van der Waals surface area (Å²) in [6.45, 7) is 1.74. The smallest absolute Gasteiger partial charge is 0.392 e. The Kier molecular flexibility index (Phi) is 3.99. The van der Waals surface area contributed by atoms with Crippen LogP contribution in [0.1, 0.15) is 32.6 Å². The van der Waals surface area contributed by atoms with Crippen molar-refractivity contribution in [3.8, 4) is 0 Å². The van der Waals surface area contributed by atoms with Crippen LogP contribution in [0.25, 0.3) is 0 Å². The minimum absolute atomic E-state index is 0.0486. The zero-order chi connectivity index (χ0) is 11.5. The lowest BCUT2D eigenvalue weighted by Crippen LogP contribution is -2.38. The molecule has 0 radical (unpaired) electrons. The molecule has 1 aliphatic rings. The van der Waals surface area contributed by atoms with E-state index in [-0.39, 0.29) is 13.0 Å². The number of alkyl halides is 3. The Morgan fingerprint density at radius 3 is 2.47 bits per heavy atom. The number of carbonyl (C=O) groups is 1. The zero-order valence-corrected chi connectivity index (χ0v) is 8.64. The van der Waals surface area contributed by atoms with Crippen LogP contribution >= 0.6 is 0 Å². The second-order valence-corrected chi connectivity index (χ2v) is 3.79. The van der Waals surface area contributed by atoms with Crippen LogP contribution in [0.2, 0.25) is 0 Å². The van der Waals surface area contributed by atoms with Gasteiger partial charge in [0, 0.05) is 0 Å². The van der Waals surface area contributed by atoms with E-state index in [1.807, 2.05) is 0 Å². The van der Waals surface area contributed by atoms with Crippen LogP contribution in [0, 0.1) is 11.8 Å². The summed E-state index contributed by atoms with van der Waals surface area (Å²) in [6, 6.07) is 0. The monoisotopic (exact) mass is 224 g/mol. The van der Waals surface area contributed by atoms with Gasteiger partial charge in [-0.15, -0.1) is 0 Å². The summed E-state index contributed by atoms with van der Waals surface area (Å²) in [7, 11) is 0. The van der Waals surface area contributed by atoms with Crippen LogP contribution in [-0.4, -0.2) is 18.8 Å². The molecule has 0 aromatic heterocycles. The summed E-state index contributed by atoms with van der Waals surface area (Å²) in [5.41, 5.74) is 0. The first-order valence-corrected chi connectivity index (χ1v) is 5.20. The fourth-order valence-electron chi connectivity index (χ4n) is 2.05. The maximum absolute atomic E-state index is 12.6. The zero-order valence-electron chi connectivity index (χ0n) is 8.64. The van der Waals surface area contributed by atoms with E-state index < -0.39 is 24.0 Å². The summed E-state index contributed by atoms with van der Waals surface area (Å²) < 4.78 is 42.4. The summed E-state index contributed by atoms with van der Waals surface area (Å²) in [4.78, 5) is 11.3. The SMILES string of the molecule is CCOC(=O)[C@H]1CCCC[C@H]1C(F)(F)F. The Balaban J connectivity index is 2.70. The van der Waals surface area contributed by atoms with Crippen LogP contribution in [0.4, 0.5) is 13.2 Å². The molecule has 0 bridgehead atoms. The standard InChI is InChI=1S/C10H15F3O2/c1-2-15-9(14)7-5-3-4-6-8(7)10(11,12)13/h7-8H,2-6H2,1H3/t7-,8+/m0/s1. The van der Waals surface area contributed by atoms with Crippen molar-refractivity contribution >= 4 is 5.97 Å². The highest BCUT2D eigenvalue weighted by atomic mass is 19.4. The first-order valence-electron chi connectivity index (χ1n) is 5.20. The predicted molar refractivity (Wildman–Crippen MR) is 48.1 cm³/mol. The molecular weight excluding hydrogens is 209 g/mol. The Morgan fingerprint density at radius 1 is 1.33 bits per heavy atom. The Bertz CT molecular complexity index is 225. The van der Waals surface area contributed by atoms with Gasteiger partial charge in [0.25, 0.3) is 0 Å². The topological polar surface area (TPSA) is 26.3 Å². The van der Waals surface area contributed by atoms with Crippen LogP contribution in [-0.2, 0) is 9.53 Å². The number of hydrogen-bond acceptors (Lipinski definition) is 2. The van der Waals surface area contributed by atoms with Crippen molar-refractivity contribution in [2.24, 2.45) is 11.8 Å². The van der Waals surface area contributed by atoms with Gasteiger partial charge >= 0.3 is 12.1 Å². The average molecular weight is 224 g/mol. The third-order valence-corrected chi connectivity index (χ3v) is 2.78. The van der Waals surface area contributed by atoms with E-state index in [2.05, 4.69) is 4.74 Å². The number of ether oxygens (including phenoxy) is 1. The van der Waals surface area contributed by atoms with E-state index in [9.17, 15) is 18.0 Å². The summed E-state index contributed by atoms with van der Waals surface area (Å²) in [5.74, 6) is -3.19. The van der Waals surface area contributed by atoms with Crippen molar-refractivity contribution in [3.05, 3.63) is 0 Å². The van der Waals surface area contributed by atoms with Crippen LogP contribution in [0.5, 0.6) is 0 Å². The predicted octanol–water partition coefficient (Wildman–Crippen LogP) is 2.92. The largest absolute Gasteiger partial charge is 0.466 e. The van der Waals surface area contributed by atoms with Gasteiger partial charge in [0.05, 0.1) is 18.4 Å². The molecule has 15 heavy (non-hydrogen) atoms. The van der Waals surface area contributed by atoms with Gasteiger partial charge in [-0.2, -0.15) is 13.2 Å². The first-order chi connectivity index (χ1) is 6.96. The molecule has 0 unspecified atom stereocenters. The third kappa shape index (κ3) is 3.11. The van der Waals surface area contributed by atoms with Gasteiger partial charge in [-0.05, 0) is 19.8 Å². The highest BCUT2D eigenvalue weighted by Gasteiger charge is 2.48. The number of rotatable bonds is 2. The van der Waals surface area contributed by atoms with Crippen molar-refractivity contribution in [1.82, 2.24) is 0 Å². The normalized spacial score (nSPS) is 27.5. The second-order valence-electron chi connectivity index (χ2n) is 3.79. The molecule has 2 atom stereocenters. The molecule has 0 saturated heterocycles. The molecule has 1 rings (SSSR count). The quantitative estimate of drug-likeness (QED) is 0.674. The molecule has 0 spiro atoms. The minimum Gasteiger partial charge on any atom is -0.466 e. The summed E-state index contributed by atoms with van der Waals surface area (Å²) >= 11 is 0. The van der Waals surface area contributed by atoms with Gasteiger partial charge in [-0.3, -0.25) is 4.79 Å². The van der Waals surface area contributed by atoms with Gasteiger partial charge in [0.2, 0.25) is 0 Å². The number of carbonyl (C=O) groups excluding carboxylic acids is 1. The Morgan fingerprint density at radius 2 is 1.93 bits per heavy atom. The van der Waals surface area contributed by atoms with Crippen molar-refractivity contribution in [2.45, 2.75) is 38.8 Å². The molecule has 5 heteroatoms. The van der Waals surface area contributed by atoms with Gasteiger partial charge in [0.15, 0.2) is 0 Å². The van der Waals surface area contributed by atoms with Crippen molar-refractivity contribution in [2.75, 3.05) is 6.61 Å². The fraction of sp³-hybridized carbons (Fsp3) is 0.900.